The molecule has 1 aromatic carbocycles. The fourth-order valence-corrected chi connectivity index (χ4v) is 2.81. The third kappa shape index (κ3) is 13.1. The molecule has 9 heteroatoms. The van der Waals surface area contributed by atoms with E-state index in [1.54, 1.807) is 12.3 Å². The monoisotopic (exact) mass is 511 g/mol. The predicted octanol–water partition coefficient (Wildman–Crippen LogP) is 7.01. The average molecular weight is 513 g/mol. The normalized spacial score (nSPS) is 10.8. The van der Waals surface area contributed by atoms with Gasteiger partial charge in [-0.1, -0.05) is 65.4 Å². The standard InChI is InChI=1S/C22H29Cl4NO4/c1-3-17-15-19(29-12-7-20(23)24)16-18(4-2)22(17)30-11-6-5-10-28-14-9-27-31-13-8-21(25)26/h7-9,15-16H,3-6,10-14H2,1-2H3. The van der Waals surface area contributed by atoms with Crippen molar-refractivity contribution in [3.8, 4) is 11.5 Å². The van der Waals surface area contributed by atoms with Crippen LogP contribution >= 0.6 is 46.4 Å². The first-order valence-corrected chi connectivity index (χ1v) is 11.6. The Balaban J connectivity index is 2.36. The van der Waals surface area contributed by atoms with Crippen molar-refractivity contribution in [1.29, 1.82) is 0 Å². The molecule has 0 amide bonds. The number of rotatable bonds is 16. The van der Waals surface area contributed by atoms with E-state index in [4.69, 9.17) is 65.5 Å². The van der Waals surface area contributed by atoms with Crippen molar-refractivity contribution in [2.45, 2.75) is 39.5 Å². The highest BCUT2D eigenvalue weighted by Crippen LogP contribution is 2.31. The molecule has 1 rings (SSSR count). The Kier molecular flexibility index (Phi) is 15.7. The van der Waals surface area contributed by atoms with E-state index in [1.807, 2.05) is 12.1 Å². The van der Waals surface area contributed by atoms with Crippen LogP contribution in [0, 0.1) is 0 Å². The molecular formula is C22H29Cl4NO4. The first kappa shape index (κ1) is 27.9. The smallest absolute Gasteiger partial charge is 0.138 e. The molecule has 0 spiro atoms. The van der Waals surface area contributed by atoms with Crippen LogP contribution in [-0.2, 0) is 22.4 Å². The van der Waals surface area contributed by atoms with Gasteiger partial charge in [-0.2, -0.15) is 0 Å². The van der Waals surface area contributed by atoms with Crippen LogP contribution in [0.2, 0.25) is 0 Å². The molecule has 0 unspecified atom stereocenters. The lowest BCUT2D eigenvalue weighted by molar-refractivity contribution is 0.150. The van der Waals surface area contributed by atoms with Gasteiger partial charge >= 0.3 is 0 Å². The number of nitrogens with zero attached hydrogens (tertiary/aromatic N) is 1. The van der Waals surface area contributed by atoms with Crippen LogP contribution in [0.15, 0.2) is 38.4 Å². The van der Waals surface area contributed by atoms with E-state index in [2.05, 4.69) is 19.0 Å². The van der Waals surface area contributed by atoms with Gasteiger partial charge in [0.25, 0.3) is 0 Å². The molecule has 0 atom stereocenters. The Morgan fingerprint density at radius 3 is 2.06 bits per heavy atom. The molecular weight excluding hydrogens is 484 g/mol. The van der Waals surface area contributed by atoms with Crippen molar-refractivity contribution in [3.05, 3.63) is 44.4 Å². The highest BCUT2D eigenvalue weighted by atomic mass is 35.5. The number of ether oxygens (including phenoxy) is 3. The maximum absolute atomic E-state index is 6.10. The van der Waals surface area contributed by atoms with Crippen LogP contribution in [0.4, 0.5) is 0 Å². The minimum atomic E-state index is 0.153. The van der Waals surface area contributed by atoms with Crippen LogP contribution in [0.25, 0.3) is 0 Å². The molecule has 31 heavy (non-hydrogen) atoms. The zero-order valence-electron chi connectivity index (χ0n) is 17.8. The van der Waals surface area contributed by atoms with E-state index in [9.17, 15) is 0 Å². The van der Waals surface area contributed by atoms with Gasteiger partial charge in [0.1, 0.15) is 33.7 Å². The molecule has 5 nitrogen and oxygen atoms in total. The summed E-state index contributed by atoms with van der Waals surface area (Å²) in [6.07, 6.45) is 8.14. The zero-order chi connectivity index (χ0) is 22.9. The Morgan fingerprint density at radius 1 is 0.839 bits per heavy atom. The molecule has 0 aliphatic rings. The fraction of sp³-hybridized carbons (Fsp3) is 0.500. The molecule has 174 valence electrons. The third-order valence-corrected chi connectivity index (χ3v) is 4.67. The van der Waals surface area contributed by atoms with Gasteiger partial charge in [0.2, 0.25) is 0 Å². The maximum atomic E-state index is 6.10. The van der Waals surface area contributed by atoms with Crippen molar-refractivity contribution in [2.24, 2.45) is 5.16 Å². The second-order valence-electron chi connectivity index (χ2n) is 6.29. The van der Waals surface area contributed by atoms with Gasteiger partial charge in [-0.05, 0) is 61.1 Å². The SMILES string of the molecule is CCc1cc(OCC=C(Cl)Cl)cc(CC)c1OCCCCOCC=NOCC=C(Cl)Cl. The summed E-state index contributed by atoms with van der Waals surface area (Å²) in [5.74, 6) is 1.73. The summed E-state index contributed by atoms with van der Waals surface area (Å²) >= 11 is 22.2. The summed E-state index contributed by atoms with van der Waals surface area (Å²) in [5, 5.41) is 3.73. The van der Waals surface area contributed by atoms with Gasteiger partial charge in [0.05, 0.1) is 19.4 Å². The Morgan fingerprint density at radius 2 is 1.45 bits per heavy atom. The summed E-state index contributed by atoms with van der Waals surface area (Å²) in [6, 6.07) is 4.01. The van der Waals surface area contributed by atoms with E-state index >= 15 is 0 Å². The van der Waals surface area contributed by atoms with Gasteiger partial charge in [-0.15, -0.1) is 0 Å². The van der Waals surface area contributed by atoms with E-state index in [0.29, 0.717) is 26.4 Å². The van der Waals surface area contributed by atoms with Gasteiger partial charge in [0, 0.05) is 6.61 Å². The van der Waals surface area contributed by atoms with Gasteiger partial charge in [-0.3, -0.25) is 0 Å². The second kappa shape index (κ2) is 17.4. The lowest BCUT2D eigenvalue weighted by Gasteiger charge is -2.17. The lowest BCUT2D eigenvalue weighted by Crippen LogP contribution is -2.06. The number of hydrogen-bond acceptors (Lipinski definition) is 5. The largest absolute Gasteiger partial charge is 0.493 e. The highest BCUT2D eigenvalue weighted by molar-refractivity contribution is 6.56. The summed E-state index contributed by atoms with van der Waals surface area (Å²) in [4.78, 5) is 4.92. The van der Waals surface area contributed by atoms with Gasteiger partial charge < -0.3 is 19.0 Å². The molecule has 0 heterocycles. The van der Waals surface area contributed by atoms with Crippen LogP contribution in [0.1, 0.15) is 37.8 Å². The molecule has 0 aliphatic carbocycles. The van der Waals surface area contributed by atoms with Gasteiger partial charge in [-0.25, -0.2) is 0 Å². The molecule has 0 bridgehead atoms. The van der Waals surface area contributed by atoms with Crippen molar-refractivity contribution in [2.75, 3.05) is 33.0 Å². The zero-order valence-corrected chi connectivity index (χ0v) is 20.9. The molecule has 1 aromatic rings. The topological polar surface area (TPSA) is 49.3 Å². The average Bonchev–Trinajstić information content (AvgIpc) is 2.74. The highest BCUT2D eigenvalue weighted by Gasteiger charge is 2.11. The predicted molar refractivity (Wildman–Crippen MR) is 130 cm³/mol. The minimum Gasteiger partial charge on any atom is -0.493 e. The second-order valence-corrected chi connectivity index (χ2v) is 8.31. The third-order valence-electron chi connectivity index (χ3n) is 4.05. The number of oxime groups is 1. The van der Waals surface area contributed by atoms with E-state index in [0.717, 1.165) is 48.3 Å². The van der Waals surface area contributed by atoms with Gasteiger partial charge in [0.15, 0.2) is 0 Å². The lowest BCUT2D eigenvalue weighted by atomic mass is 10.0. The molecule has 0 N–H and O–H groups in total. The first-order valence-electron chi connectivity index (χ1n) is 10.1. The Labute approximate surface area is 204 Å². The van der Waals surface area contributed by atoms with Crippen molar-refractivity contribution in [3.63, 3.8) is 0 Å². The summed E-state index contributed by atoms with van der Waals surface area (Å²) in [6.45, 7) is 6.36. The molecule has 0 aromatic heterocycles. The van der Waals surface area contributed by atoms with Crippen molar-refractivity contribution in [1.82, 2.24) is 0 Å². The van der Waals surface area contributed by atoms with Crippen LogP contribution in [-0.4, -0.2) is 39.2 Å². The summed E-state index contributed by atoms with van der Waals surface area (Å²) in [7, 11) is 0. The number of hydrogen-bond donors (Lipinski definition) is 0. The number of benzene rings is 1. The maximum Gasteiger partial charge on any atom is 0.138 e. The number of halogens is 4. The molecule has 0 fully saturated rings. The van der Waals surface area contributed by atoms with Crippen molar-refractivity contribution >= 4 is 52.6 Å². The summed E-state index contributed by atoms with van der Waals surface area (Å²) in [5.41, 5.74) is 2.24. The number of unbranched alkanes of at least 4 members (excludes halogenated alkanes) is 1. The van der Waals surface area contributed by atoms with E-state index in [-0.39, 0.29) is 15.6 Å². The fourth-order valence-electron chi connectivity index (χ4n) is 2.56. The van der Waals surface area contributed by atoms with E-state index in [1.165, 1.54) is 6.08 Å². The Hall–Kier alpha value is -1.11. The minimum absolute atomic E-state index is 0.153. The van der Waals surface area contributed by atoms with Crippen LogP contribution in [0.5, 0.6) is 11.5 Å². The van der Waals surface area contributed by atoms with Crippen LogP contribution < -0.4 is 9.47 Å². The Bertz CT molecular complexity index is 705. The first-order chi connectivity index (χ1) is 15.0. The molecule has 0 aliphatic heterocycles. The summed E-state index contributed by atoms with van der Waals surface area (Å²) < 4.78 is 17.7. The molecule has 0 saturated carbocycles. The van der Waals surface area contributed by atoms with E-state index < -0.39 is 0 Å². The number of aryl methyl sites for hydroxylation is 2. The van der Waals surface area contributed by atoms with Crippen LogP contribution in [0.3, 0.4) is 0 Å². The molecule has 0 radical (unpaired) electrons. The van der Waals surface area contributed by atoms with Crippen molar-refractivity contribution < 1.29 is 19.0 Å². The molecule has 0 saturated heterocycles. The quantitative estimate of drug-likeness (QED) is 0.136.